The van der Waals surface area contributed by atoms with Crippen molar-refractivity contribution < 1.29 is 9.53 Å². The van der Waals surface area contributed by atoms with E-state index in [0.717, 1.165) is 28.4 Å². The summed E-state index contributed by atoms with van der Waals surface area (Å²) in [7, 11) is 0. The minimum absolute atomic E-state index is 0.592. The number of thiazole rings is 1. The molecular weight excluding hydrogens is 284 g/mol. The Bertz CT molecular complexity index is 761. The fraction of sp³-hybridized carbons (Fsp3) is 0.125. The highest BCUT2D eigenvalue weighted by Gasteiger charge is 2.12. The van der Waals surface area contributed by atoms with Gasteiger partial charge in [-0.1, -0.05) is 12.1 Å². The van der Waals surface area contributed by atoms with Gasteiger partial charge in [-0.3, -0.25) is 9.36 Å². The Morgan fingerprint density at radius 1 is 1.29 bits per heavy atom. The third kappa shape index (κ3) is 2.60. The molecule has 0 amide bonds. The third-order valence-corrected chi connectivity index (χ3v) is 3.90. The van der Waals surface area contributed by atoms with Gasteiger partial charge in [-0.05, 0) is 31.2 Å². The molecule has 0 fully saturated rings. The fourth-order valence-corrected chi connectivity index (χ4v) is 2.95. The van der Waals surface area contributed by atoms with Gasteiger partial charge in [0, 0.05) is 17.1 Å². The van der Waals surface area contributed by atoms with Crippen LogP contribution in [0.25, 0.3) is 16.4 Å². The van der Waals surface area contributed by atoms with E-state index < -0.39 is 0 Å². The molecule has 0 spiro atoms. The van der Waals surface area contributed by atoms with E-state index in [4.69, 9.17) is 4.74 Å². The van der Waals surface area contributed by atoms with Gasteiger partial charge in [0.05, 0.1) is 18.0 Å². The van der Waals surface area contributed by atoms with Crippen LogP contribution in [0.15, 0.2) is 48.0 Å². The number of hydrogen-bond donors (Lipinski definition) is 0. The summed E-state index contributed by atoms with van der Waals surface area (Å²) in [5, 5.41) is 2.74. The number of rotatable bonds is 5. The molecule has 0 aliphatic rings. The van der Waals surface area contributed by atoms with Crippen LogP contribution in [0.5, 0.6) is 5.75 Å². The van der Waals surface area contributed by atoms with E-state index in [1.807, 2.05) is 48.8 Å². The quantitative estimate of drug-likeness (QED) is 0.673. The number of aromatic nitrogens is 2. The molecule has 3 aromatic rings. The SMILES string of the molecule is CCOc1ccccc1-c1csc(-n2cccc2C=O)n1. The smallest absolute Gasteiger partial charge is 0.194 e. The van der Waals surface area contributed by atoms with E-state index in [9.17, 15) is 4.79 Å². The topological polar surface area (TPSA) is 44.1 Å². The van der Waals surface area contributed by atoms with Crippen molar-refractivity contribution in [3.8, 4) is 22.1 Å². The lowest BCUT2D eigenvalue weighted by Gasteiger charge is -2.07. The molecule has 0 N–H and O–H groups in total. The Morgan fingerprint density at radius 3 is 2.95 bits per heavy atom. The average molecular weight is 298 g/mol. The van der Waals surface area contributed by atoms with Gasteiger partial charge in [-0.2, -0.15) is 0 Å². The zero-order chi connectivity index (χ0) is 14.7. The second-order valence-corrected chi connectivity index (χ2v) is 5.20. The van der Waals surface area contributed by atoms with E-state index in [2.05, 4.69) is 4.98 Å². The largest absolute Gasteiger partial charge is 0.493 e. The highest BCUT2D eigenvalue weighted by molar-refractivity contribution is 7.12. The normalized spacial score (nSPS) is 10.5. The molecule has 3 rings (SSSR count). The molecule has 0 aliphatic heterocycles. The van der Waals surface area contributed by atoms with Crippen LogP contribution in [0.2, 0.25) is 0 Å². The molecular formula is C16H14N2O2S. The van der Waals surface area contributed by atoms with Gasteiger partial charge >= 0.3 is 0 Å². The van der Waals surface area contributed by atoms with E-state index in [1.165, 1.54) is 11.3 Å². The Hall–Kier alpha value is -2.40. The Morgan fingerprint density at radius 2 is 2.14 bits per heavy atom. The molecule has 0 radical (unpaired) electrons. The van der Waals surface area contributed by atoms with Crippen molar-refractivity contribution in [2.45, 2.75) is 6.92 Å². The minimum Gasteiger partial charge on any atom is -0.493 e. The van der Waals surface area contributed by atoms with Crippen molar-refractivity contribution >= 4 is 17.6 Å². The van der Waals surface area contributed by atoms with E-state index >= 15 is 0 Å². The van der Waals surface area contributed by atoms with Gasteiger partial charge in [0.1, 0.15) is 5.75 Å². The van der Waals surface area contributed by atoms with Crippen molar-refractivity contribution in [2.24, 2.45) is 0 Å². The van der Waals surface area contributed by atoms with Crippen LogP contribution in [0, 0.1) is 0 Å². The molecule has 0 saturated carbocycles. The van der Waals surface area contributed by atoms with Crippen LogP contribution in [-0.4, -0.2) is 22.4 Å². The summed E-state index contributed by atoms with van der Waals surface area (Å²) in [6.45, 7) is 2.57. The van der Waals surface area contributed by atoms with Gasteiger partial charge in [-0.15, -0.1) is 11.3 Å². The number of para-hydroxylation sites is 1. The van der Waals surface area contributed by atoms with Crippen LogP contribution in [-0.2, 0) is 0 Å². The second-order valence-electron chi connectivity index (χ2n) is 4.37. The number of carbonyl (C=O) groups is 1. The summed E-state index contributed by atoms with van der Waals surface area (Å²) >= 11 is 1.50. The first kappa shape index (κ1) is 13.6. The lowest BCUT2D eigenvalue weighted by molar-refractivity contribution is 0.111. The van der Waals surface area contributed by atoms with E-state index in [-0.39, 0.29) is 0 Å². The van der Waals surface area contributed by atoms with Crippen LogP contribution in [0.3, 0.4) is 0 Å². The summed E-state index contributed by atoms with van der Waals surface area (Å²) < 4.78 is 7.42. The Balaban J connectivity index is 2.01. The summed E-state index contributed by atoms with van der Waals surface area (Å²) in [6.07, 6.45) is 2.66. The molecule has 5 heteroatoms. The molecule has 1 aromatic carbocycles. The maximum Gasteiger partial charge on any atom is 0.194 e. The molecule has 106 valence electrons. The molecule has 0 atom stereocenters. The first-order chi connectivity index (χ1) is 10.3. The predicted molar refractivity (Wildman–Crippen MR) is 83.4 cm³/mol. The summed E-state index contributed by atoms with van der Waals surface area (Å²) in [4.78, 5) is 15.6. The zero-order valence-corrected chi connectivity index (χ0v) is 12.3. The first-order valence-corrected chi connectivity index (χ1v) is 7.52. The predicted octanol–water partition coefficient (Wildman–Crippen LogP) is 3.81. The highest BCUT2D eigenvalue weighted by atomic mass is 32.1. The average Bonchev–Trinajstić information content (AvgIpc) is 3.16. The van der Waals surface area contributed by atoms with Crippen LogP contribution >= 0.6 is 11.3 Å². The lowest BCUT2D eigenvalue weighted by atomic mass is 10.1. The second kappa shape index (κ2) is 5.93. The van der Waals surface area contributed by atoms with Crippen molar-refractivity contribution in [1.82, 2.24) is 9.55 Å². The molecule has 2 heterocycles. The van der Waals surface area contributed by atoms with E-state index in [0.29, 0.717) is 12.3 Å². The molecule has 4 nitrogen and oxygen atoms in total. The molecule has 0 aliphatic carbocycles. The molecule has 0 saturated heterocycles. The van der Waals surface area contributed by atoms with Crippen molar-refractivity contribution in [2.75, 3.05) is 6.61 Å². The number of nitrogens with zero attached hydrogens (tertiary/aromatic N) is 2. The standard InChI is InChI=1S/C16H14N2O2S/c1-2-20-15-8-4-3-7-13(15)14-11-21-16(17-14)18-9-5-6-12(18)10-19/h3-11H,2H2,1H3. The van der Waals surface area contributed by atoms with Crippen molar-refractivity contribution in [3.05, 3.63) is 53.7 Å². The number of ether oxygens (including phenoxy) is 1. The van der Waals surface area contributed by atoms with Gasteiger partial charge in [0.15, 0.2) is 11.4 Å². The summed E-state index contributed by atoms with van der Waals surface area (Å²) in [6, 6.07) is 11.4. The number of carbonyl (C=O) groups excluding carboxylic acids is 1. The molecule has 21 heavy (non-hydrogen) atoms. The monoisotopic (exact) mass is 298 g/mol. The Labute approximate surface area is 126 Å². The van der Waals surface area contributed by atoms with Crippen LogP contribution < -0.4 is 4.74 Å². The highest BCUT2D eigenvalue weighted by Crippen LogP contribution is 2.31. The molecule has 0 bridgehead atoms. The third-order valence-electron chi connectivity index (χ3n) is 3.06. The van der Waals surface area contributed by atoms with Gasteiger partial charge in [0.25, 0.3) is 0 Å². The number of benzene rings is 1. The number of aldehydes is 1. The van der Waals surface area contributed by atoms with Gasteiger partial charge in [0.2, 0.25) is 0 Å². The Kier molecular flexibility index (Phi) is 3.83. The summed E-state index contributed by atoms with van der Waals surface area (Å²) in [5.41, 5.74) is 2.40. The van der Waals surface area contributed by atoms with Crippen molar-refractivity contribution in [1.29, 1.82) is 0 Å². The van der Waals surface area contributed by atoms with Crippen LogP contribution in [0.4, 0.5) is 0 Å². The van der Waals surface area contributed by atoms with Gasteiger partial charge in [-0.25, -0.2) is 4.98 Å². The van der Waals surface area contributed by atoms with Crippen LogP contribution in [0.1, 0.15) is 17.4 Å². The fourth-order valence-electron chi connectivity index (χ4n) is 2.12. The number of hydrogen-bond acceptors (Lipinski definition) is 4. The van der Waals surface area contributed by atoms with Gasteiger partial charge < -0.3 is 4.74 Å². The molecule has 0 unspecified atom stereocenters. The lowest BCUT2D eigenvalue weighted by Crippen LogP contribution is -1.97. The minimum atomic E-state index is 0.592. The van der Waals surface area contributed by atoms with Crippen molar-refractivity contribution in [3.63, 3.8) is 0 Å². The molecule has 2 aromatic heterocycles. The first-order valence-electron chi connectivity index (χ1n) is 6.64. The summed E-state index contributed by atoms with van der Waals surface area (Å²) in [5.74, 6) is 0.819. The van der Waals surface area contributed by atoms with E-state index in [1.54, 1.807) is 10.6 Å². The zero-order valence-electron chi connectivity index (χ0n) is 11.5. The maximum absolute atomic E-state index is 11.0. The maximum atomic E-state index is 11.0.